The molecular weight excluding hydrogens is 268 g/mol. The van der Waals surface area contributed by atoms with Gasteiger partial charge in [-0.3, -0.25) is 9.48 Å². The van der Waals surface area contributed by atoms with Crippen LogP contribution in [0.2, 0.25) is 0 Å². The fourth-order valence-corrected chi connectivity index (χ4v) is 2.22. The molecule has 0 bridgehead atoms. The summed E-state index contributed by atoms with van der Waals surface area (Å²) >= 11 is 0. The molecule has 0 aliphatic heterocycles. The first-order chi connectivity index (χ1) is 10.1. The Kier molecular flexibility index (Phi) is 3.43. The van der Waals surface area contributed by atoms with E-state index in [4.69, 9.17) is 4.52 Å². The topological polar surface area (TPSA) is 64.2 Å². The van der Waals surface area contributed by atoms with E-state index in [1.807, 2.05) is 37.3 Å². The number of para-hydroxylation sites is 1. The molecular formula is C15H16N4O2. The van der Waals surface area contributed by atoms with Gasteiger partial charge < -0.3 is 9.42 Å². The number of carbonyl (C=O) groups excluding carboxylic acids is 1. The summed E-state index contributed by atoms with van der Waals surface area (Å²) in [7, 11) is 1.75. The first kappa shape index (κ1) is 13.4. The van der Waals surface area contributed by atoms with Gasteiger partial charge in [0.25, 0.3) is 0 Å². The zero-order valence-corrected chi connectivity index (χ0v) is 12.0. The molecule has 0 spiro atoms. The van der Waals surface area contributed by atoms with Crippen LogP contribution in [0.1, 0.15) is 11.5 Å². The second-order valence-corrected chi connectivity index (χ2v) is 5.04. The van der Waals surface area contributed by atoms with Crippen LogP contribution in [0.3, 0.4) is 0 Å². The number of aromatic nitrogens is 3. The van der Waals surface area contributed by atoms with E-state index in [0.717, 1.165) is 22.4 Å². The zero-order chi connectivity index (χ0) is 14.8. The highest BCUT2D eigenvalue weighted by molar-refractivity contribution is 5.81. The van der Waals surface area contributed by atoms with Gasteiger partial charge >= 0.3 is 0 Å². The van der Waals surface area contributed by atoms with Crippen molar-refractivity contribution in [3.8, 4) is 0 Å². The standard InChI is InChI=1S/C15H16N4O2/c1-11-7-13(17-21-11)9-18(2)15(20)10-19-14-6-4-3-5-12(14)8-16-19/h3-8H,9-10H2,1-2H3. The van der Waals surface area contributed by atoms with E-state index in [0.29, 0.717) is 6.54 Å². The summed E-state index contributed by atoms with van der Waals surface area (Å²) in [6.45, 7) is 2.46. The van der Waals surface area contributed by atoms with Gasteiger partial charge in [-0.05, 0) is 13.0 Å². The van der Waals surface area contributed by atoms with Crippen molar-refractivity contribution < 1.29 is 9.32 Å². The number of hydrogen-bond donors (Lipinski definition) is 0. The zero-order valence-electron chi connectivity index (χ0n) is 12.0. The molecule has 1 aromatic carbocycles. The van der Waals surface area contributed by atoms with Gasteiger partial charge in [0, 0.05) is 18.5 Å². The van der Waals surface area contributed by atoms with Crippen molar-refractivity contribution in [3.05, 3.63) is 48.0 Å². The number of likely N-dealkylation sites (N-methyl/N-ethyl adjacent to an activating group) is 1. The second-order valence-electron chi connectivity index (χ2n) is 5.04. The van der Waals surface area contributed by atoms with E-state index in [1.54, 1.807) is 22.8 Å². The lowest BCUT2D eigenvalue weighted by Gasteiger charge is -2.15. The fraction of sp³-hybridized carbons (Fsp3) is 0.267. The van der Waals surface area contributed by atoms with Crippen molar-refractivity contribution in [2.24, 2.45) is 0 Å². The molecule has 6 nitrogen and oxygen atoms in total. The average Bonchev–Trinajstić information content (AvgIpc) is 3.06. The van der Waals surface area contributed by atoms with E-state index in [-0.39, 0.29) is 12.5 Å². The molecule has 0 unspecified atom stereocenters. The Morgan fingerprint density at radius 2 is 2.19 bits per heavy atom. The molecule has 2 aromatic heterocycles. The van der Waals surface area contributed by atoms with Crippen molar-refractivity contribution >= 4 is 16.8 Å². The Morgan fingerprint density at radius 3 is 2.95 bits per heavy atom. The van der Waals surface area contributed by atoms with Crippen molar-refractivity contribution in [2.75, 3.05) is 7.05 Å². The van der Waals surface area contributed by atoms with Crippen molar-refractivity contribution in [2.45, 2.75) is 20.0 Å². The van der Waals surface area contributed by atoms with Crippen LogP contribution in [0.25, 0.3) is 10.9 Å². The van der Waals surface area contributed by atoms with Gasteiger partial charge in [0.1, 0.15) is 18.0 Å². The molecule has 0 saturated heterocycles. The normalized spacial score (nSPS) is 11.0. The van der Waals surface area contributed by atoms with E-state index >= 15 is 0 Å². The number of aryl methyl sites for hydroxylation is 1. The minimum absolute atomic E-state index is 0.0236. The molecule has 6 heteroatoms. The summed E-state index contributed by atoms with van der Waals surface area (Å²) < 4.78 is 6.71. The van der Waals surface area contributed by atoms with Crippen LogP contribution in [0, 0.1) is 6.92 Å². The maximum atomic E-state index is 12.3. The van der Waals surface area contributed by atoms with Crippen LogP contribution < -0.4 is 0 Å². The molecule has 3 rings (SSSR count). The highest BCUT2D eigenvalue weighted by Crippen LogP contribution is 2.13. The monoisotopic (exact) mass is 284 g/mol. The van der Waals surface area contributed by atoms with Crippen LogP contribution >= 0.6 is 0 Å². The Balaban J connectivity index is 1.70. The van der Waals surface area contributed by atoms with Gasteiger partial charge in [-0.2, -0.15) is 5.10 Å². The highest BCUT2D eigenvalue weighted by atomic mass is 16.5. The highest BCUT2D eigenvalue weighted by Gasteiger charge is 2.13. The molecule has 0 aliphatic carbocycles. The summed E-state index contributed by atoms with van der Waals surface area (Å²) in [5.41, 5.74) is 1.70. The summed E-state index contributed by atoms with van der Waals surface area (Å²) in [5, 5.41) is 9.19. The number of carbonyl (C=O) groups is 1. The first-order valence-electron chi connectivity index (χ1n) is 6.70. The van der Waals surface area contributed by atoms with Crippen molar-refractivity contribution in [1.29, 1.82) is 0 Å². The van der Waals surface area contributed by atoms with Gasteiger partial charge in [-0.25, -0.2) is 0 Å². The maximum Gasteiger partial charge on any atom is 0.244 e. The predicted molar refractivity (Wildman–Crippen MR) is 77.4 cm³/mol. The first-order valence-corrected chi connectivity index (χ1v) is 6.70. The lowest BCUT2D eigenvalue weighted by molar-refractivity contribution is -0.131. The molecule has 1 amide bonds. The number of nitrogens with zero attached hydrogens (tertiary/aromatic N) is 4. The molecule has 108 valence electrons. The number of rotatable bonds is 4. The molecule has 0 radical (unpaired) electrons. The van der Waals surface area contributed by atoms with Crippen molar-refractivity contribution in [1.82, 2.24) is 19.8 Å². The smallest absolute Gasteiger partial charge is 0.244 e. The van der Waals surface area contributed by atoms with Gasteiger partial charge in [0.05, 0.1) is 18.3 Å². The van der Waals surface area contributed by atoms with E-state index in [1.165, 1.54) is 0 Å². The molecule has 21 heavy (non-hydrogen) atoms. The number of amides is 1. The third-order valence-electron chi connectivity index (χ3n) is 3.34. The van der Waals surface area contributed by atoms with E-state index < -0.39 is 0 Å². The van der Waals surface area contributed by atoms with Crippen LogP contribution in [0.4, 0.5) is 0 Å². The number of benzene rings is 1. The predicted octanol–water partition coefficient (Wildman–Crippen LogP) is 1.99. The van der Waals surface area contributed by atoms with Crippen LogP contribution in [0.15, 0.2) is 41.1 Å². The SMILES string of the molecule is Cc1cc(CN(C)C(=O)Cn2ncc3ccccc32)no1. The van der Waals surface area contributed by atoms with Gasteiger partial charge in [-0.1, -0.05) is 23.4 Å². The van der Waals surface area contributed by atoms with Crippen LogP contribution in [-0.2, 0) is 17.9 Å². The van der Waals surface area contributed by atoms with Gasteiger partial charge in [-0.15, -0.1) is 0 Å². The average molecular weight is 284 g/mol. The Bertz CT molecular complexity index is 775. The number of fused-ring (bicyclic) bond motifs is 1. The van der Waals surface area contributed by atoms with E-state index in [9.17, 15) is 4.79 Å². The third-order valence-corrected chi connectivity index (χ3v) is 3.34. The van der Waals surface area contributed by atoms with Crippen LogP contribution in [-0.4, -0.2) is 32.8 Å². The summed E-state index contributed by atoms with van der Waals surface area (Å²) in [5.74, 6) is 0.716. The summed E-state index contributed by atoms with van der Waals surface area (Å²) in [4.78, 5) is 13.9. The fourth-order valence-electron chi connectivity index (χ4n) is 2.22. The Labute approximate surface area is 121 Å². The Hall–Kier alpha value is -2.63. The third kappa shape index (κ3) is 2.79. The minimum Gasteiger partial charge on any atom is -0.361 e. The number of hydrogen-bond acceptors (Lipinski definition) is 4. The molecule has 3 aromatic rings. The molecule has 0 saturated carbocycles. The van der Waals surface area contributed by atoms with Crippen LogP contribution in [0.5, 0.6) is 0 Å². The largest absolute Gasteiger partial charge is 0.361 e. The molecule has 0 fully saturated rings. The van der Waals surface area contributed by atoms with Gasteiger partial charge in [0.15, 0.2) is 0 Å². The lowest BCUT2D eigenvalue weighted by Crippen LogP contribution is -2.30. The summed E-state index contributed by atoms with van der Waals surface area (Å²) in [6, 6.07) is 9.65. The maximum absolute atomic E-state index is 12.3. The molecule has 0 atom stereocenters. The molecule has 2 heterocycles. The molecule has 0 N–H and O–H groups in total. The Morgan fingerprint density at radius 1 is 1.38 bits per heavy atom. The lowest BCUT2D eigenvalue weighted by atomic mass is 10.2. The molecule has 0 aliphatic rings. The minimum atomic E-state index is -0.0236. The summed E-state index contributed by atoms with van der Waals surface area (Å²) in [6.07, 6.45) is 1.77. The second kappa shape index (κ2) is 5.40. The van der Waals surface area contributed by atoms with Crippen molar-refractivity contribution in [3.63, 3.8) is 0 Å². The quantitative estimate of drug-likeness (QED) is 0.735. The van der Waals surface area contributed by atoms with Gasteiger partial charge in [0.2, 0.25) is 5.91 Å². The van der Waals surface area contributed by atoms with E-state index in [2.05, 4.69) is 10.3 Å².